The number of unbranched alkanes of at least 4 members (excludes halogenated alkanes) is 1. The van der Waals surface area contributed by atoms with Crippen LogP contribution in [0, 0.1) is 5.92 Å². The Labute approximate surface area is 154 Å². The highest BCUT2D eigenvalue weighted by Gasteiger charge is 2.12. The summed E-state index contributed by atoms with van der Waals surface area (Å²) >= 11 is 0. The number of hydrogen-bond acceptors (Lipinski definition) is 4. The van der Waals surface area contributed by atoms with Gasteiger partial charge in [0.1, 0.15) is 28.2 Å². The molecular weight excluding hydrogens is 326 g/mol. The number of hydrogen-bond donors (Lipinski definition) is 1. The maximum Gasteiger partial charge on any atom is 0.146 e. The Hall–Kier alpha value is -2.56. The van der Waals surface area contributed by atoms with Crippen molar-refractivity contribution >= 4 is 11.0 Å². The van der Waals surface area contributed by atoms with Crippen LogP contribution in [0.1, 0.15) is 46.0 Å². The molecule has 0 fully saturated rings. The van der Waals surface area contributed by atoms with Crippen molar-refractivity contribution in [1.29, 1.82) is 0 Å². The van der Waals surface area contributed by atoms with Crippen molar-refractivity contribution in [3.8, 4) is 17.2 Å². The molecule has 3 aromatic rings. The summed E-state index contributed by atoms with van der Waals surface area (Å²) in [6.45, 7) is 5.12. The summed E-state index contributed by atoms with van der Waals surface area (Å²) in [5.74, 6) is 1.36. The van der Waals surface area contributed by atoms with E-state index >= 15 is 0 Å². The van der Waals surface area contributed by atoms with E-state index in [1.165, 1.54) is 36.9 Å². The van der Waals surface area contributed by atoms with Gasteiger partial charge in [0.05, 0.1) is 6.61 Å². The molecule has 1 N–H and O–H groups in total. The molecule has 2 aromatic carbocycles. The van der Waals surface area contributed by atoms with E-state index in [1.807, 2.05) is 30.3 Å². The Morgan fingerprint density at radius 1 is 1.00 bits per heavy atom. The van der Waals surface area contributed by atoms with Crippen molar-refractivity contribution in [1.82, 2.24) is 15.0 Å². The number of phenols is 1. The van der Waals surface area contributed by atoms with E-state index in [-0.39, 0.29) is 5.75 Å². The second-order valence-corrected chi connectivity index (χ2v) is 6.74. The quantitative estimate of drug-likeness (QED) is 0.580. The average Bonchev–Trinajstić information content (AvgIpc) is 3.08. The topological polar surface area (TPSA) is 60.2 Å². The molecule has 1 aromatic heterocycles. The normalized spacial score (nSPS) is 12.4. The molecule has 5 heteroatoms. The third kappa shape index (κ3) is 4.34. The molecule has 0 bridgehead atoms. The van der Waals surface area contributed by atoms with Crippen LogP contribution in [-0.4, -0.2) is 26.7 Å². The third-order valence-corrected chi connectivity index (χ3v) is 4.60. The first-order valence-electron chi connectivity index (χ1n) is 9.49. The number of benzene rings is 2. The molecule has 0 saturated heterocycles. The second-order valence-electron chi connectivity index (χ2n) is 6.74. The Bertz CT molecular complexity index is 811. The summed E-state index contributed by atoms with van der Waals surface area (Å²) in [7, 11) is 0. The zero-order valence-corrected chi connectivity index (χ0v) is 15.6. The number of ether oxygens (including phenoxy) is 1. The molecule has 0 aliphatic rings. The van der Waals surface area contributed by atoms with Gasteiger partial charge in [0, 0.05) is 6.07 Å². The number of nitrogens with zero attached hydrogens (tertiary/aromatic N) is 3. The number of rotatable bonds is 9. The summed E-state index contributed by atoms with van der Waals surface area (Å²) in [4.78, 5) is 1.46. The van der Waals surface area contributed by atoms with Crippen LogP contribution in [0.2, 0.25) is 0 Å². The lowest BCUT2D eigenvalue weighted by atomic mass is 9.98. The van der Waals surface area contributed by atoms with Crippen molar-refractivity contribution in [2.24, 2.45) is 5.92 Å². The lowest BCUT2D eigenvalue weighted by molar-refractivity contribution is 0.227. The van der Waals surface area contributed by atoms with Crippen molar-refractivity contribution in [3.63, 3.8) is 0 Å². The molecule has 0 saturated carbocycles. The molecule has 0 spiro atoms. The van der Waals surface area contributed by atoms with Crippen LogP contribution in [-0.2, 0) is 0 Å². The van der Waals surface area contributed by atoms with Crippen molar-refractivity contribution in [3.05, 3.63) is 42.5 Å². The van der Waals surface area contributed by atoms with Crippen LogP contribution < -0.4 is 4.74 Å². The maximum absolute atomic E-state index is 10.4. The van der Waals surface area contributed by atoms with Gasteiger partial charge >= 0.3 is 0 Å². The van der Waals surface area contributed by atoms with Crippen LogP contribution in [0.5, 0.6) is 11.5 Å². The highest BCUT2D eigenvalue weighted by atomic mass is 16.5. The Kier molecular flexibility index (Phi) is 6.10. The smallest absolute Gasteiger partial charge is 0.146 e. The van der Waals surface area contributed by atoms with E-state index in [9.17, 15) is 5.11 Å². The standard InChI is InChI=1S/C21H27N3O2/c1-3-5-9-16(8-4-2)15-26-17-12-13-20(21(25)14-17)24-22-18-10-6-7-11-19(18)23-24/h6-7,10-14,16,25H,3-5,8-9,15H2,1-2H3. The monoisotopic (exact) mass is 353 g/mol. The van der Waals surface area contributed by atoms with Gasteiger partial charge in [0.2, 0.25) is 0 Å². The van der Waals surface area contributed by atoms with Gasteiger partial charge in [-0.15, -0.1) is 15.0 Å². The number of fused-ring (bicyclic) bond motifs is 1. The van der Waals surface area contributed by atoms with Crippen LogP contribution >= 0.6 is 0 Å². The number of aromatic nitrogens is 3. The van der Waals surface area contributed by atoms with Crippen LogP contribution in [0.3, 0.4) is 0 Å². The number of aromatic hydroxyl groups is 1. The van der Waals surface area contributed by atoms with Gasteiger partial charge in [-0.3, -0.25) is 0 Å². The lowest BCUT2D eigenvalue weighted by Gasteiger charge is -2.17. The SMILES string of the molecule is CCCCC(CCC)COc1ccc(-n2nc3ccccc3n2)c(O)c1. The van der Waals surface area contributed by atoms with Gasteiger partial charge in [-0.1, -0.05) is 45.2 Å². The molecule has 26 heavy (non-hydrogen) atoms. The fourth-order valence-corrected chi connectivity index (χ4v) is 3.16. The second kappa shape index (κ2) is 8.70. The largest absolute Gasteiger partial charge is 0.505 e. The minimum atomic E-state index is 0.114. The summed E-state index contributed by atoms with van der Waals surface area (Å²) in [6.07, 6.45) is 5.98. The molecule has 0 aliphatic heterocycles. The first kappa shape index (κ1) is 18.2. The van der Waals surface area contributed by atoms with Crippen molar-refractivity contribution < 1.29 is 9.84 Å². The summed E-state index contributed by atoms with van der Waals surface area (Å²) < 4.78 is 5.94. The molecule has 0 amide bonds. The van der Waals surface area contributed by atoms with Crippen LogP contribution in [0.25, 0.3) is 16.7 Å². The van der Waals surface area contributed by atoms with Crippen LogP contribution in [0.15, 0.2) is 42.5 Å². The molecule has 1 heterocycles. The third-order valence-electron chi connectivity index (χ3n) is 4.60. The van der Waals surface area contributed by atoms with Gasteiger partial charge in [0.15, 0.2) is 0 Å². The van der Waals surface area contributed by atoms with Crippen molar-refractivity contribution in [2.45, 2.75) is 46.0 Å². The van der Waals surface area contributed by atoms with E-state index in [4.69, 9.17) is 4.74 Å². The zero-order chi connectivity index (χ0) is 18.4. The highest BCUT2D eigenvalue weighted by molar-refractivity contribution is 5.73. The van der Waals surface area contributed by atoms with E-state index in [2.05, 4.69) is 24.0 Å². The first-order valence-corrected chi connectivity index (χ1v) is 9.49. The van der Waals surface area contributed by atoms with E-state index in [0.717, 1.165) is 11.0 Å². The minimum absolute atomic E-state index is 0.114. The predicted molar refractivity (Wildman–Crippen MR) is 104 cm³/mol. The molecule has 1 atom stereocenters. The molecule has 3 rings (SSSR count). The fourth-order valence-electron chi connectivity index (χ4n) is 3.16. The highest BCUT2D eigenvalue weighted by Crippen LogP contribution is 2.27. The minimum Gasteiger partial charge on any atom is -0.505 e. The Balaban J connectivity index is 1.70. The molecule has 138 valence electrons. The van der Waals surface area contributed by atoms with Gasteiger partial charge in [0.25, 0.3) is 0 Å². The Morgan fingerprint density at radius 3 is 2.35 bits per heavy atom. The summed E-state index contributed by atoms with van der Waals surface area (Å²) in [5, 5.41) is 19.2. The van der Waals surface area contributed by atoms with E-state index in [1.54, 1.807) is 12.1 Å². The van der Waals surface area contributed by atoms with E-state index in [0.29, 0.717) is 24.0 Å². The van der Waals surface area contributed by atoms with Gasteiger partial charge in [-0.25, -0.2) is 0 Å². The molecule has 1 unspecified atom stereocenters. The lowest BCUT2D eigenvalue weighted by Crippen LogP contribution is -2.12. The predicted octanol–water partition coefficient (Wildman–Crippen LogP) is 5.11. The Morgan fingerprint density at radius 2 is 1.73 bits per heavy atom. The van der Waals surface area contributed by atoms with Crippen LogP contribution in [0.4, 0.5) is 0 Å². The first-order chi connectivity index (χ1) is 12.7. The van der Waals surface area contributed by atoms with Crippen molar-refractivity contribution in [2.75, 3.05) is 6.61 Å². The zero-order valence-electron chi connectivity index (χ0n) is 15.6. The maximum atomic E-state index is 10.4. The van der Waals surface area contributed by atoms with Gasteiger partial charge < -0.3 is 9.84 Å². The van der Waals surface area contributed by atoms with Gasteiger partial charge in [-0.05, 0) is 43.0 Å². The molecule has 0 aliphatic carbocycles. The number of phenolic OH excluding ortho intramolecular Hbond substituents is 1. The molecular formula is C21H27N3O2. The summed E-state index contributed by atoms with van der Waals surface area (Å²) in [5.41, 5.74) is 2.14. The summed E-state index contributed by atoms with van der Waals surface area (Å²) in [6, 6.07) is 12.9. The van der Waals surface area contributed by atoms with E-state index < -0.39 is 0 Å². The van der Waals surface area contributed by atoms with Gasteiger partial charge in [-0.2, -0.15) is 0 Å². The average molecular weight is 353 g/mol. The molecule has 5 nitrogen and oxygen atoms in total. The molecule has 0 radical (unpaired) electrons. The fraction of sp³-hybridized carbons (Fsp3) is 0.429.